The molecule has 0 atom stereocenters. The molecule has 0 fully saturated rings. The van der Waals surface area contributed by atoms with E-state index in [1.807, 2.05) is 18.2 Å². The van der Waals surface area contributed by atoms with Crippen LogP contribution >= 0.6 is 0 Å². The fraction of sp³-hybridized carbons (Fsp3) is 0.211. The van der Waals surface area contributed by atoms with E-state index in [1.54, 1.807) is 6.08 Å². The fourth-order valence-electron chi connectivity index (χ4n) is 2.27. The second kappa shape index (κ2) is 8.05. The first-order chi connectivity index (χ1) is 10.3. The highest BCUT2D eigenvalue weighted by Crippen LogP contribution is 2.19. The molecule has 2 heteroatoms. The van der Waals surface area contributed by atoms with Gasteiger partial charge in [0.1, 0.15) is 0 Å². The molecule has 2 aromatic carbocycles. The largest absolute Gasteiger partial charge is 0.478 e. The standard InChI is InChI=1S/C19H20O2/c20-19(21)11-7-2-1-4-8-16-12-14-18(15-13-16)17-9-5-3-6-10-17/h3,5-7,9-15H,1-2,4,8H2,(H,20,21)/b11-7+. The minimum absolute atomic E-state index is 0.828. The summed E-state index contributed by atoms with van der Waals surface area (Å²) in [5.41, 5.74) is 3.81. The summed E-state index contributed by atoms with van der Waals surface area (Å²) in [5.74, 6) is -0.869. The van der Waals surface area contributed by atoms with Crippen molar-refractivity contribution in [2.45, 2.75) is 25.7 Å². The Morgan fingerprint density at radius 1 is 0.905 bits per heavy atom. The molecule has 2 aromatic rings. The van der Waals surface area contributed by atoms with Crippen molar-refractivity contribution in [2.24, 2.45) is 0 Å². The third-order valence-electron chi connectivity index (χ3n) is 3.41. The number of hydrogen-bond acceptors (Lipinski definition) is 1. The van der Waals surface area contributed by atoms with Crippen molar-refractivity contribution in [2.75, 3.05) is 0 Å². The highest BCUT2D eigenvalue weighted by molar-refractivity contribution is 5.79. The van der Waals surface area contributed by atoms with E-state index in [0.717, 1.165) is 25.7 Å². The average molecular weight is 280 g/mol. The maximum Gasteiger partial charge on any atom is 0.327 e. The Bertz CT molecular complexity index is 583. The van der Waals surface area contributed by atoms with Crippen LogP contribution in [-0.2, 0) is 11.2 Å². The van der Waals surface area contributed by atoms with Crippen molar-refractivity contribution >= 4 is 5.97 Å². The highest BCUT2D eigenvalue weighted by Gasteiger charge is 1.97. The molecule has 0 aliphatic rings. The number of benzene rings is 2. The molecule has 2 nitrogen and oxygen atoms in total. The number of carbonyl (C=O) groups is 1. The summed E-state index contributed by atoms with van der Waals surface area (Å²) >= 11 is 0. The molecular formula is C19H20O2. The Labute approximate surface area is 125 Å². The number of allylic oxidation sites excluding steroid dienone is 1. The molecule has 0 unspecified atom stereocenters. The number of rotatable bonds is 7. The van der Waals surface area contributed by atoms with Crippen LogP contribution in [0.5, 0.6) is 0 Å². The van der Waals surface area contributed by atoms with Crippen molar-refractivity contribution in [3.63, 3.8) is 0 Å². The molecular weight excluding hydrogens is 260 g/mol. The van der Waals surface area contributed by atoms with Gasteiger partial charge in [-0.05, 0) is 42.4 Å². The summed E-state index contributed by atoms with van der Waals surface area (Å²) in [6, 6.07) is 19.0. The maximum absolute atomic E-state index is 10.3. The van der Waals surface area contributed by atoms with Gasteiger partial charge in [-0.15, -0.1) is 0 Å². The molecule has 0 aliphatic heterocycles. The average Bonchev–Trinajstić information content (AvgIpc) is 2.52. The molecule has 0 saturated carbocycles. The molecule has 0 aliphatic carbocycles. The maximum atomic E-state index is 10.3. The van der Waals surface area contributed by atoms with Crippen molar-refractivity contribution in [3.8, 4) is 11.1 Å². The lowest BCUT2D eigenvalue weighted by Crippen LogP contribution is -1.87. The molecule has 0 bridgehead atoms. The Balaban J connectivity index is 1.79. The second-order valence-corrected chi connectivity index (χ2v) is 5.05. The molecule has 1 N–H and O–H groups in total. The molecule has 0 aromatic heterocycles. The quantitative estimate of drug-likeness (QED) is 0.589. The van der Waals surface area contributed by atoms with Crippen LogP contribution in [0.3, 0.4) is 0 Å². The summed E-state index contributed by atoms with van der Waals surface area (Å²) < 4.78 is 0. The summed E-state index contributed by atoms with van der Waals surface area (Å²) in [6.07, 6.45) is 6.90. The van der Waals surface area contributed by atoms with Gasteiger partial charge in [-0.3, -0.25) is 0 Å². The highest BCUT2D eigenvalue weighted by atomic mass is 16.4. The van der Waals surface area contributed by atoms with Gasteiger partial charge in [0.05, 0.1) is 0 Å². The lowest BCUT2D eigenvalue weighted by molar-refractivity contribution is -0.131. The van der Waals surface area contributed by atoms with Crippen LogP contribution in [0, 0.1) is 0 Å². The van der Waals surface area contributed by atoms with Crippen LogP contribution in [0.25, 0.3) is 11.1 Å². The number of aryl methyl sites for hydroxylation is 1. The molecule has 0 saturated heterocycles. The van der Waals surface area contributed by atoms with E-state index in [2.05, 4.69) is 36.4 Å². The minimum Gasteiger partial charge on any atom is -0.478 e. The summed E-state index contributed by atoms with van der Waals surface area (Å²) in [5, 5.41) is 8.48. The molecule has 0 heterocycles. The first-order valence-electron chi connectivity index (χ1n) is 7.29. The fourth-order valence-corrected chi connectivity index (χ4v) is 2.27. The zero-order valence-electron chi connectivity index (χ0n) is 12.0. The first kappa shape index (κ1) is 15.0. The van der Waals surface area contributed by atoms with E-state index in [-0.39, 0.29) is 0 Å². The number of carboxylic acids is 1. The van der Waals surface area contributed by atoms with Gasteiger partial charge >= 0.3 is 5.97 Å². The topological polar surface area (TPSA) is 37.3 Å². The Morgan fingerprint density at radius 2 is 1.57 bits per heavy atom. The number of unbranched alkanes of at least 4 members (excludes halogenated alkanes) is 2. The van der Waals surface area contributed by atoms with Crippen LogP contribution in [0.4, 0.5) is 0 Å². The monoisotopic (exact) mass is 280 g/mol. The van der Waals surface area contributed by atoms with Crippen LogP contribution in [0.1, 0.15) is 24.8 Å². The summed E-state index contributed by atoms with van der Waals surface area (Å²) in [4.78, 5) is 10.3. The smallest absolute Gasteiger partial charge is 0.327 e. The molecule has 0 radical (unpaired) electrons. The molecule has 108 valence electrons. The van der Waals surface area contributed by atoms with Crippen molar-refractivity contribution in [1.29, 1.82) is 0 Å². The normalized spacial score (nSPS) is 10.9. The summed E-state index contributed by atoms with van der Waals surface area (Å²) in [7, 11) is 0. The van der Waals surface area contributed by atoms with E-state index in [1.165, 1.54) is 22.8 Å². The molecule has 2 rings (SSSR count). The Morgan fingerprint density at radius 3 is 2.24 bits per heavy atom. The van der Waals surface area contributed by atoms with Crippen LogP contribution in [-0.4, -0.2) is 11.1 Å². The van der Waals surface area contributed by atoms with Crippen LogP contribution < -0.4 is 0 Å². The van der Waals surface area contributed by atoms with Gasteiger partial charge in [0.2, 0.25) is 0 Å². The molecule has 0 spiro atoms. The van der Waals surface area contributed by atoms with Crippen molar-refractivity contribution in [1.82, 2.24) is 0 Å². The SMILES string of the molecule is O=C(O)/C=C/CCCCc1ccc(-c2ccccc2)cc1. The second-order valence-electron chi connectivity index (χ2n) is 5.05. The van der Waals surface area contributed by atoms with Crippen molar-refractivity contribution < 1.29 is 9.90 Å². The van der Waals surface area contributed by atoms with Crippen LogP contribution in [0.2, 0.25) is 0 Å². The zero-order chi connectivity index (χ0) is 14.9. The molecule has 21 heavy (non-hydrogen) atoms. The van der Waals surface area contributed by atoms with E-state index in [4.69, 9.17) is 5.11 Å². The first-order valence-corrected chi connectivity index (χ1v) is 7.29. The summed E-state index contributed by atoms with van der Waals surface area (Å²) in [6.45, 7) is 0. The van der Waals surface area contributed by atoms with Crippen molar-refractivity contribution in [3.05, 3.63) is 72.3 Å². The Hall–Kier alpha value is -2.35. The number of aliphatic carboxylic acids is 1. The lowest BCUT2D eigenvalue weighted by atomic mass is 10.0. The number of carboxylic acid groups (broad SMARTS) is 1. The van der Waals surface area contributed by atoms with Gasteiger partial charge in [-0.1, -0.05) is 60.7 Å². The zero-order valence-corrected chi connectivity index (χ0v) is 12.0. The van der Waals surface area contributed by atoms with E-state index < -0.39 is 5.97 Å². The van der Waals surface area contributed by atoms with Gasteiger partial charge in [-0.2, -0.15) is 0 Å². The third-order valence-corrected chi connectivity index (χ3v) is 3.41. The minimum atomic E-state index is -0.869. The van der Waals surface area contributed by atoms with Gasteiger partial charge in [0.15, 0.2) is 0 Å². The van der Waals surface area contributed by atoms with Crippen LogP contribution in [0.15, 0.2) is 66.7 Å². The van der Waals surface area contributed by atoms with Gasteiger partial charge in [0.25, 0.3) is 0 Å². The third kappa shape index (κ3) is 5.27. The van der Waals surface area contributed by atoms with E-state index >= 15 is 0 Å². The number of hydrogen-bond donors (Lipinski definition) is 1. The van der Waals surface area contributed by atoms with Gasteiger partial charge in [-0.25, -0.2) is 4.79 Å². The predicted molar refractivity (Wildman–Crippen MR) is 86.2 cm³/mol. The predicted octanol–water partition coefficient (Wildman–Crippen LogP) is 4.71. The van der Waals surface area contributed by atoms with E-state index in [9.17, 15) is 4.79 Å². The Kier molecular flexibility index (Phi) is 5.77. The van der Waals surface area contributed by atoms with Gasteiger partial charge in [0, 0.05) is 6.08 Å². The van der Waals surface area contributed by atoms with E-state index in [0.29, 0.717) is 0 Å². The van der Waals surface area contributed by atoms with Gasteiger partial charge < -0.3 is 5.11 Å². The lowest BCUT2D eigenvalue weighted by Gasteiger charge is -2.04. The molecule has 0 amide bonds.